The maximum atomic E-state index is 2.65. The van der Waals surface area contributed by atoms with E-state index >= 15 is 0 Å². The van der Waals surface area contributed by atoms with Crippen LogP contribution in [0.4, 0.5) is 0 Å². The lowest BCUT2D eigenvalue weighted by Gasteiger charge is -2.51. The van der Waals surface area contributed by atoms with Crippen molar-refractivity contribution in [1.29, 1.82) is 0 Å². The topological polar surface area (TPSA) is 6.48 Å². The van der Waals surface area contributed by atoms with Crippen molar-refractivity contribution in [2.75, 3.05) is 26.7 Å². The molecule has 1 heterocycles. The normalized spacial score (nSPS) is 29.0. The third-order valence-corrected chi connectivity index (χ3v) is 5.58. The molecule has 0 atom stereocenters. The number of hydrogen-bond acceptors (Lipinski definition) is 2. The molecular formula is C19H40N2. The fourth-order valence-electron chi connectivity index (χ4n) is 3.77. The molecule has 2 aliphatic rings. The summed E-state index contributed by atoms with van der Waals surface area (Å²) >= 11 is 0. The zero-order chi connectivity index (χ0) is 16.0. The van der Waals surface area contributed by atoms with Gasteiger partial charge in [0.2, 0.25) is 0 Å². The van der Waals surface area contributed by atoms with Gasteiger partial charge in [-0.3, -0.25) is 4.90 Å². The maximum absolute atomic E-state index is 2.65. The average molecular weight is 297 g/mol. The van der Waals surface area contributed by atoms with Crippen molar-refractivity contribution >= 4 is 0 Å². The third-order valence-electron chi connectivity index (χ3n) is 5.58. The summed E-state index contributed by atoms with van der Waals surface area (Å²) in [7, 11) is 2.35. The second-order valence-corrected chi connectivity index (χ2v) is 7.95. The second-order valence-electron chi connectivity index (χ2n) is 7.95. The predicted molar refractivity (Wildman–Crippen MR) is 94.8 cm³/mol. The van der Waals surface area contributed by atoms with Crippen LogP contribution in [0.15, 0.2) is 0 Å². The van der Waals surface area contributed by atoms with Gasteiger partial charge in [0.1, 0.15) is 0 Å². The largest absolute Gasteiger partial charge is 0.303 e. The molecule has 2 rings (SSSR count). The number of likely N-dealkylation sites (tertiary alicyclic amines) is 1. The summed E-state index contributed by atoms with van der Waals surface area (Å²) in [6.45, 7) is 17.4. The number of rotatable bonds is 5. The van der Waals surface area contributed by atoms with Crippen LogP contribution in [0, 0.1) is 11.3 Å². The first-order valence-electron chi connectivity index (χ1n) is 9.34. The maximum Gasteiger partial charge on any atom is 0.00924 e. The molecule has 0 spiro atoms. The molecule has 0 aromatic rings. The molecule has 0 bridgehead atoms. The lowest BCUT2D eigenvalue weighted by Crippen LogP contribution is -2.58. The van der Waals surface area contributed by atoms with E-state index in [0.29, 0.717) is 5.41 Å². The summed E-state index contributed by atoms with van der Waals surface area (Å²) < 4.78 is 0. The van der Waals surface area contributed by atoms with Gasteiger partial charge in [-0.1, -0.05) is 27.7 Å². The van der Waals surface area contributed by atoms with Crippen molar-refractivity contribution in [3.8, 4) is 0 Å². The highest BCUT2D eigenvalue weighted by molar-refractivity contribution is 4.93. The Balaban J connectivity index is 0.00000106. The van der Waals surface area contributed by atoms with Crippen molar-refractivity contribution in [2.45, 2.75) is 85.7 Å². The average Bonchev–Trinajstić information content (AvgIpc) is 2.44. The molecule has 0 unspecified atom stereocenters. The molecule has 1 aliphatic heterocycles. The highest BCUT2D eigenvalue weighted by Gasteiger charge is 2.39. The van der Waals surface area contributed by atoms with Crippen LogP contribution in [0.3, 0.4) is 0 Å². The number of hydrogen-bond donors (Lipinski definition) is 0. The summed E-state index contributed by atoms with van der Waals surface area (Å²) in [5.74, 6) is 0.966. The van der Waals surface area contributed by atoms with Crippen LogP contribution in [-0.4, -0.2) is 48.6 Å². The first-order chi connectivity index (χ1) is 9.89. The van der Waals surface area contributed by atoms with Crippen molar-refractivity contribution in [1.82, 2.24) is 9.80 Å². The van der Waals surface area contributed by atoms with E-state index in [4.69, 9.17) is 0 Å². The minimum absolute atomic E-state index is 0.584. The molecule has 126 valence electrons. The van der Waals surface area contributed by atoms with Crippen LogP contribution >= 0.6 is 0 Å². The van der Waals surface area contributed by atoms with Gasteiger partial charge in [0.15, 0.2) is 0 Å². The first kappa shape index (κ1) is 19.0. The Morgan fingerprint density at radius 1 is 1.10 bits per heavy atom. The Morgan fingerprint density at radius 2 is 1.62 bits per heavy atom. The van der Waals surface area contributed by atoms with Gasteiger partial charge < -0.3 is 4.90 Å². The van der Waals surface area contributed by atoms with Crippen LogP contribution in [0.5, 0.6) is 0 Å². The van der Waals surface area contributed by atoms with E-state index in [-0.39, 0.29) is 0 Å². The smallest absolute Gasteiger partial charge is 0.00924 e. The van der Waals surface area contributed by atoms with E-state index < -0.39 is 0 Å². The zero-order valence-electron chi connectivity index (χ0n) is 15.8. The molecule has 1 aliphatic carbocycles. The lowest BCUT2D eigenvalue weighted by atomic mass is 9.77. The lowest BCUT2D eigenvalue weighted by molar-refractivity contribution is -0.0216. The Kier molecular flexibility index (Phi) is 7.70. The Morgan fingerprint density at radius 3 is 2.10 bits per heavy atom. The summed E-state index contributed by atoms with van der Waals surface area (Å²) in [5.41, 5.74) is 0.584. The molecule has 2 heteroatoms. The van der Waals surface area contributed by atoms with Gasteiger partial charge in [-0.2, -0.15) is 0 Å². The van der Waals surface area contributed by atoms with Gasteiger partial charge in [-0.25, -0.2) is 0 Å². The van der Waals surface area contributed by atoms with Crippen LogP contribution in [0.1, 0.15) is 73.6 Å². The molecule has 1 saturated heterocycles. The van der Waals surface area contributed by atoms with Crippen molar-refractivity contribution < 1.29 is 0 Å². The molecule has 0 aromatic carbocycles. The van der Waals surface area contributed by atoms with Crippen molar-refractivity contribution in [2.24, 2.45) is 11.3 Å². The fourth-order valence-corrected chi connectivity index (χ4v) is 3.77. The van der Waals surface area contributed by atoms with Gasteiger partial charge in [0.05, 0.1) is 0 Å². The highest BCUT2D eigenvalue weighted by Crippen LogP contribution is 2.35. The van der Waals surface area contributed by atoms with Gasteiger partial charge >= 0.3 is 0 Å². The molecule has 21 heavy (non-hydrogen) atoms. The van der Waals surface area contributed by atoms with Crippen LogP contribution < -0.4 is 0 Å². The van der Waals surface area contributed by atoms with Gasteiger partial charge in [-0.15, -0.1) is 0 Å². The number of nitrogens with zero attached hydrogens (tertiary/aromatic N) is 2. The molecule has 0 N–H and O–H groups in total. The Bertz CT molecular complexity index is 273. The standard InChI is InChI=1S/C17H34N2.C2H6/c1-14(2)19-12-17(4,13-19)10-11-18(5)16-8-6-15(3)7-9-16;1-2/h14-16H,6-13H2,1-5H3;1-2H3. The molecule has 1 saturated carbocycles. The zero-order valence-corrected chi connectivity index (χ0v) is 15.8. The van der Waals surface area contributed by atoms with E-state index in [9.17, 15) is 0 Å². The van der Waals surface area contributed by atoms with Gasteiger partial charge in [0, 0.05) is 25.2 Å². The Labute approximate surface area is 134 Å². The highest BCUT2D eigenvalue weighted by atomic mass is 15.2. The summed E-state index contributed by atoms with van der Waals surface area (Å²) in [5, 5.41) is 0. The molecule has 0 aromatic heterocycles. The minimum Gasteiger partial charge on any atom is -0.303 e. The van der Waals surface area contributed by atoms with E-state index in [1.54, 1.807) is 0 Å². The fraction of sp³-hybridized carbons (Fsp3) is 1.00. The summed E-state index contributed by atoms with van der Waals surface area (Å²) in [4.78, 5) is 5.25. The SMILES string of the molecule is CC.CC1CCC(N(C)CCC2(C)CN(C(C)C)C2)CC1. The quantitative estimate of drug-likeness (QED) is 0.729. The van der Waals surface area contributed by atoms with E-state index in [2.05, 4.69) is 44.5 Å². The van der Waals surface area contributed by atoms with E-state index in [1.165, 1.54) is 51.7 Å². The van der Waals surface area contributed by atoms with Gasteiger partial charge in [0.25, 0.3) is 0 Å². The molecular weight excluding hydrogens is 256 g/mol. The predicted octanol–water partition coefficient (Wildman–Crippen LogP) is 4.64. The molecule has 0 radical (unpaired) electrons. The van der Waals surface area contributed by atoms with E-state index in [1.807, 2.05) is 13.8 Å². The molecule has 0 amide bonds. The summed E-state index contributed by atoms with van der Waals surface area (Å²) in [6, 6.07) is 1.59. The Hall–Kier alpha value is -0.0800. The summed E-state index contributed by atoms with van der Waals surface area (Å²) in [6.07, 6.45) is 7.10. The van der Waals surface area contributed by atoms with Crippen LogP contribution in [0.2, 0.25) is 0 Å². The monoisotopic (exact) mass is 296 g/mol. The van der Waals surface area contributed by atoms with Gasteiger partial charge in [-0.05, 0) is 70.9 Å². The van der Waals surface area contributed by atoms with Crippen LogP contribution in [0.25, 0.3) is 0 Å². The molecule has 2 nitrogen and oxygen atoms in total. The van der Waals surface area contributed by atoms with Crippen LogP contribution in [-0.2, 0) is 0 Å². The van der Waals surface area contributed by atoms with Crippen molar-refractivity contribution in [3.63, 3.8) is 0 Å². The third kappa shape index (κ3) is 5.56. The first-order valence-corrected chi connectivity index (χ1v) is 9.34. The minimum atomic E-state index is 0.584. The second kappa shape index (κ2) is 8.53. The van der Waals surface area contributed by atoms with Crippen molar-refractivity contribution in [3.05, 3.63) is 0 Å². The van der Waals surface area contributed by atoms with E-state index in [0.717, 1.165) is 18.0 Å². The molecule has 2 fully saturated rings.